The second-order valence-corrected chi connectivity index (χ2v) is 11.7. The topological polar surface area (TPSA) is 97.6 Å². The van der Waals surface area contributed by atoms with Gasteiger partial charge in [0.15, 0.2) is 5.13 Å². The number of hydrogen-bond acceptors (Lipinski definition) is 7. The molecule has 1 amide bonds. The van der Waals surface area contributed by atoms with Crippen molar-refractivity contribution in [1.82, 2.24) is 9.88 Å². The summed E-state index contributed by atoms with van der Waals surface area (Å²) in [6.45, 7) is 9.15. The predicted octanol–water partition coefficient (Wildman–Crippen LogP) is 6.76. The Morgan fingerprint density at radius 1 is 1.27 bits per heavy atom. The molecule has 0 aliphatic carbocycles. The third kappa shape index (κ3) is 9.10. The fraction of sp³-hybridized carbons (Fsp3) is 0.385. The van der Waals surface area contributed by atoms with Gasteiger partial charge in [-0.05, 0) is 56.0 Å². The summed E-state index contributed by atoms with van der Waals surface area (Å²) in [5.41, 5.74) is 1.73. The molecule has 1 unspecified atom stereocenters. The summed E-state index contributed by atoms with van der Waals surface area (Å²) in [6, 6.07) is 8.72. The number of aromatic nitrogens is 1. The van der Waals surface area contributed by atoms with Crippen molar-refractivity contribution in [2.75, 3.05) is 24.5 Å². The molecule has 1 aliphatic heterocycles. The maximum atomic E-state index is 11.5. The number of nitrogens with zero attached hydrogens (tertiary/aromatic N) is 3. The minimum Gasteiger partial charge on any atom is -0.480 e. The van der Waals surface area contributed by atoms with Crippen molar-refractivity contribution in [2.45, 2.75) is 40.2 Å². The Kier molecular flexibility index (Phi) is 12.5. The van der Waals surface area contributed by atoms with Crippen molar-refractivity contribution < 1.29 is 14.7 Å². The van der Waals surface area contributed by atoms with E-state index in [1.54, 1.807) is 41.7 Å². The van der Waals surface area contributed by atoms with E-state index in [2.05, 4.69) is 38.3 Å². The fourth-order valence-corrected chi connectivity index (χ4v) is 5.69. The number of carbonyl (C=O) groups is 2. The number of nitrogens with one attached hydrogen (secondary N) is 1. The number of carboxylic acid groups (broad SMARTS) is 1. The molecule has 0 bridgehead atoms. The van der Waals surface area contributed by atoms with E-state index in [-0.39, 0.29) is 6.54 Å². The summed E-state index contributed by atoms with van der Waals surface area (Å²) in [5, 5.41) is 19.3. The lowest BCUT2D eigenvalue weighted by molar-refractivity contribution is -0.146. The Morgan fingerprint density at radius 2 is 1.97 bits per heavy atom. The molecule has 3 heterocycles. The van der Waals surface area contributed by atoms with Crippen molar-refractivity contribution in [2.24, 2.45) is 5.92 Å². The summed E-state index contributed by atoms with van der Waals surface area (Å²) in [7, 11) is 0. The second kappa shape index (κ2) is 15.1. The molecule has 37 heavy (non-hydrogen) atoms. The van der Waals surface area contributed by atoms with Gasteiger partial charge in [0.2, 0.25) is 6.41 Å². The Labute approximate surface area is 236 Å². The van der Waals surface area contributed by atoms with Gasteiger partial charge in [-0.3, -0.25) is 4.79 Å². The van der Waals surface area contributed by atoms with Crippen LogP contribution in [0.5, 0.6) is 0 Å². The molecule has 200 valence electrons. The van der Waals surface area contributed by atoms with Crippen LogP contribution in [0.3, 0.4) is 0 Å². The second-order valence-electron chi connectivity index (χ2n) is 8.65. The largest absolute Gasteiger partial charge is 0.480 e. The smallest absolute Gasteiger partial charge is 0.328 e. The van der Waals surface area contributed by atoms with Crippen molar-refractivity contribution >= 4 is 69.6 Å². The molecule has 0 saturated carbocycles. The zero-order valence-corrected chi connectivity index (χ0v) is 24.4. The first kappa shape index (κ1) is 30.8. The summed E-state index contributed by atoms with van der Waals surface area (Å²) < 4.78 is 0. The van der Waals surface area contributed by atoms with Crippen LogP contribution in [-0.4, -0.2) is 59.3 Å². The van der Waals surface area contributed by atoms with E-state index >= 15 is 0 Å². The molecule has 1 saturated heterocycles. The number of halogens is 2. The maximum Gasteiger partial charge on any atom is 0.328 e. The molecule has 2 aromatic heterocycles. The molecule has 1 aromatic carbocycles. The minimum atomic E-state index is -1.01. The van der Waals surface area contributed by atoms with Crippen molar-refractivity contribution in [3.05, 3.63) is 55.5 Å². The molecule has 11 heteroatoms. The predicted molar refractivity (Wildman–Crippen MR) is 156 cm³/mol. The number of hydrogen-bond donors (Lipinski definition) is 2. The highest BCUT2D eigenvalue weighted by Gasteiger charge is 2.33. The molecule has 7 nitrogen and oxygen atoms in total. The molecule has 4 rings (SSSR count). The highest BCUT2D eigenvalue weighted by atomic mass is 35.5. The first-order valence-electron chi connectivity index (χ1n) is 11.7. The molecule has 1 atom stereocenters. The monoisotopic (exact) mass is 582 g/mol. The average molecular weight is 584 g/mol. The van der Waals surface area contributed by atoms with Crippen LogP contribution >= 0.6 is 45.9 Å². The van der Waals surface area contributed by atoms with Gasteiger partial charge < -0.3 is 20.3 Å². The zero-order valence-electron chi connectivity index (χ0n) is 21.3. The molecule has 0 spiro atoms. The molecule has 0 radical (unpaired) electrons. The number of thiophene rings is 1. The van der Waals surface area contributed by atoms with Gasteiger partial charge in [0.25, 0.3) is 0 Å². The Hall–Kier alpha value is -2.46. The number of aliphatic carboxylic acids is 1. The number of aryl methyl sites for hydroxylation is 1. The number of rotatable bonds is 6. The molecular formula is C26H32Cl2N4O3S2. The van der Waals surface area contributed by atoms with Crippen molar-refractivity contribution in [3.8, 4) is 11.3 Å². The zero-order chi connectivity index (χ0) is 27.5. The fourth-order valence-electron chi connectivity index (χ4n) is 3.53. The Bertz CT molecular complexity index is 1170. The average Bonchev–Trinajstić information content (AvgIpc) is 3.50. The summed E-state index contributed by atoms with van der Waals surface area (Å²) in [4.78, 5) is 33.3. The van der Waals surface area contributed by atoms with Crippen molar-refractivity contribution in [3.63, 3.8) is 0 Å². The summed E-state index contributed by atoms with van der Waals surface area (Å²) in [6.07, 6.45) is 2.70. The SMILES string of the molecule is CC(C)Cc1sc(N2CCN(C=O)C(C(=O)O)C2)nc1-c1ccc(Cl)c(Cl)c1.CC=N.Cc1cccs1. The van der Waals surface area contributed by atoms with Gasteiger partial charge in [-0.25, -0.2) is 9.78 Å². The van der Waals surface area contributed by atoms with E-state index in [4.69, 9.17) is 33.6 Å². The van der Waals surface area contributed by atoms with Gasteiger partial charge in [-0.2, -0.15) is 0 Å². The van der Waals surface area contributed by atoms with Crippen LogP contribution in [0.1, 0.15) is 30.5 Å². The number of thiazole rings is 1. The lowest BCUT2D eigenvalue weighted by atomic mass is 10.0. The van der Waals surface area contributed by atoms with Crippen molar-refractivity contribution in [1.29, 1.82) is 5.41 Å². The van der Waals surface area contributed by atoms with Gasteiger partial charge in [0.1, 0.15) is 6.04 Å². The van der Waals surface area contributed by atoms with Gasteiger partial charge >= 0.3 is 5.97 Å². The Morgan fingerprint density at radius 3 is 2.46 bits per heavy atom. The Balaban J connectivity index is 0.000000454. The third-order valence-electron chi connectivity index (χ3n) is 5.25. The molecule has 1 fully saturated rings. The van der Waals surface area contributed by atoms with Crippen LogP contribution in [0, 0.1) is 18.3 Å². The highest BCUT2D eigenvalue weighted by Crippen LogP contribution is 2.37. The number of anilines is 1. The van der Waals surface area contributed by atoms with Gasteiger partial charge in [0.05, 0.1) is 22.3 Å². The van der Waals surface area contributed by atoms with Crippen LogP contribution in [0.15, 0.2) is 35.7 Å². The van der Waals surface area contributed by atoms with Crippen LogP contribution in [0.2, 0.25) is 10.0 Å². The van der Waals surface area contributed by atoms with Gasteiger partial charge in [-0.1, -0.05) is 49.2 Å². The molecule has 3 aromatic rings. The summed E-state index contributed by atoms with van der Waals surface area (Å²) in [5.74, 6) is -0.575. The minimum absolute atomic E-state index is 0.212. The van der Waals surface area contributed by atoms with Crippen LogP contribution in [0.4, 0.5) is 5.13 Å². The van der Waals surface area contributed by atoms with Crippen LogP contribution in [-0.2, 0) is 16.0 Å². The number of benzene rings is 1. The highest BCUT2D eigenvalue weighted by molar-refractivity contribution is 7.16. The molecular weight excluding hydrogens is 551 g/mol. The molecule has 1 aliphatic rings. The quantitative estimate of drug-likeness (QED) is 0.247. The number of carboxylic acids is 1. The standard InChI is InChI=1S/C19H21Cl2N3O3S.C5H6S.C2H5N/c1-11(2)7-16-17(12-3-4-13(20)14(21)8-12)22-19(28-16)23-5-6-24(10-25)15(9-23)18(26)27;1-5-3-2-4-6-5;1-2-3/h3-4,8,10-11,15H,5-7,9H2,1-2H3,(H,26,27);2-4H,1H3;2-3H,1H3. The van der Waals surface area contributed by atoms with Gasteiger partial charge in [-0.15, -0.1) is 22.7 Å². The van der Waals surface area contributed by atoms with Crippen LogP contribution < -0.4 is 4.90 Å². The van der Waals surface area contributed by atoms with E-state index in [1.807, 2.05) is 11.0 Å². The number of amides is 1. The van der Waals surface area contributed by atoms with E-state index < -0.39 is 12.0 Å². The van der Waals surface area contributed by atoms with Crippen LogP contribution in [0.25, 0.3) is 11.3 Å². The molecule has 2 N–H and O–H groups in total. The summed E-state index contributed by atoms with van der Waals surface area (Å²) >= 11 is 15.6. The first-order chi connectivity index (χ1) is 17.6. The lowest BCUT2D eigenvalue weighted by Crippen LogP contribution is -2.56. The van der Waals surface area contributed by atoms with E-state index in [0.29, 0.717) is 35.5 Å². The van der Waals surface area contributed by atoms with E-state index in [9.17, 15) is 14.7 Å². The van der Waals surface area contributed by atoms with E-state index in [1.165, 1.54) is 16.0 Å². The van der Waals surface area contributed by atoms with E-state index in [0.717, 1.165) is 27.7 Å². The normalized spacial score (nSPS) is 14.8. The van der Waals surface area contributed by atoms with Gasteiger partial charge in [0, 0.05) is 28.4 Å². The lowest BCUT2D eigenvalue weighted by Gasteiger charge is -2.37. The first-order valence-corrected chi connectivity index (χ1v) is 14.2. The maximum absolute atomic E-state index is 11.5. The third-order valence-corrected chi connectivity index (χ3v) is 7.93. The number of piperazine rings is 1. The number of carbonyl (C=O) groups excluding carboxylic acids is 1.